The predicted molar refractivity (Wildman–Crippen MR) is 86.1 cm³/mol. The van der Waals surface area contributed by atoms with E-state index in [4.69, 9.17) is 23.2 Å². The lowest BCUT2D eigenvalue weighted by atomic mass is 9.85. The highest BCUT2D eigenvalue weighted by molar-refractivity contribution is 6.30. The molecule has 5 heteroatoms. The lowest BCUT2D eigenvalue weighted by Crippen LogP contribution is -3.18. The van der Waals surface area contributed by atoms with E-state index >= 15 is 0 Å². The number of halogens is 2. The molecule has 0 bridgehead atoms. The monoisotopic (exact) mass is 333 g/mol. The molecule has 2 aliphatic heterocycles. The van der Waals surface area contributed by atoms with Crippen molar-refractivity contribution < 1.29 is 9.69 Å². The van der Waals surface area contributed by atoms with Gasteiger partial charge in [0.15, 0.2) is 5.78 Å². The smallest absolute Gasteiger partial charge is 0.189 e. The van der Waals surface area contributed by atoms with Crippen LogP contribution in [0.2, 0.25) is 0 Å². The molecule has 2 saturated heterocycles. The van der Waals surface area contributed by atoms with E-state index in [1.165, 1.54) is 30.7 Å². The number of quaternary nitrogens is 1. The second kappa shape index (κ2) is 6.74. The molecule has 6 unspecified atom stereocenters. The van der Waals surface area contributed by atoms with E-state index in [9.17, 15) is 4.79 Å². The van der Waals surface area contributed by atoms with Crippen molar-refractivity contribution in [1.29, 1.82) is 0 Å². The Hall–Kier alpha value is 0.170. The zero-order valence-corrected chi connectivity index (χ0v) is 14.4. The Morgan fingerprint density at radius 1 is 1.19 bits per heavy atom. The summed E-state index contributed by atoms with van der Waals surface area (Å²) in [5, 5.41) is 0.00848. The summed E-state index contributed by atoms with van der Waals surface area (Å²) in [6, 6.07) is 0.577. The highest BCUT2D eigenvalue weighted by Gasteiger charge is 2.44. The summed E-state index contributed by atoms with van der Waals surface area (Å²) in [7, 11) is 0. The van der Waals surface area contributed by atoms with Crippen molar-refractivity contribution >= 4 is 29.0 Å². The van der Waals surface area contributed by atoms with E-state index in [0.29, 0.717) is 24.5 Å². The van der Waals surface area contributed by atoms with Crippen molar-refractivity contribution in [3.63, 3.8) is 0 Å². The number of Topliss-reactive ketones (excluding diaryl/α,β-unsaturated/α-hetero) is 1. The third kappa shape index (κ3) is 3.41. The van der Waals surface area contributed by atoms with Crippen LogP contribution in [0.4, 0.5) is 0 Å². The molecule has 0 radical (unpaired) electrons. The number of nitrogens with one attached hydrogen (secondary N) is 1. The minimum atomic E-state index is -0.0356. The zero-order chi connectivity index (χ0) is 15.0. The molecule has 1 saturated carbocycles. The van der Waals surface area contributed by atoms with E-state index in [-0.39, 0.29) is 16.7 Å². The minimum absolute atomic E-state index is 0.0356. The Morgan fingerprint density at radius 2 is 2.00 bits per heavy atom. The van der Waals surface area contributed by atoms with Crippen LogP contribution in [0, 0.1) is 5.92 Å². The molecule has 3 nitrogen and oxygen atoms in total. The van der Waals surface area contributed by atoms with Gasteiger partial charge < -0.3 is 4.90 Å². The number of carbonyl (C=O) groups is 1. The zero-order valence-electron chi connectivity index (χ0n) is 12.9. The van der Waals surface area contributed by atoms with Gasteiger partial charge in [-0.3, -0.25) is 4.79 Å². The number of fused-ring (bicyclic) bond motifs is 1. The molecule has 3 aliphatic rings. The van der Waals surface area contributed by atoms with Crippen LogP contribution in [0.15, 0.2) is 0 Å². The lowest BCUT2D eigenvalue weighted by Gasteiger charge is -2.33. The number of hydrogen-bond acceptors (Lipinski definition) is 2. The summed E-state index contributed by atoms with van der Waals surface area (Å²) < 4.78 is 0. The maximum Gasteiger partial charge on any atom is 0.189 e. The Kier molecular flexibility index (Phi) is 5.15. The summed E-state index contributed by atoms with van der Waals surface area (Å²) >= 11 is 12.4. The van der Waals surface area contributed by atoms with Crippen molar-refractivity contribution in [3.8, 4) is 0 Å². The summed E-state index contributed by atoms with van der Waals surface area (Å²) in [4.78, 5) is 16.8. The van der Waals surface area contributed by atoms with Gasteiger partial charge in [0, 0.05) is 24.3 Å². The molecule has 3 fully saturated rings. The molecule has 0 aromatic carbocycles. The summed E-state index contributed by atoms with van der Waals surface area (Å²) in [5.74, 6) is 0.554. The van der Waals surface area contributed by atoms with Crippen LogP contribution in [-0.2, 0) is 4.79 Å². The van der Waals surface area contributed by atoms with E-state index in [0.717, 1.165) is 25.8 Å². The number of hydrogen-bond donors (Lipinski definition) is 1. The largest absolute Gasteiger partial charge is 0.310 e. The highest BCUT2D eigenvalue weighted by Crippen LogP contribution is 2.32. The van der Waals surface area contributed by atoms with Crippen LogP contribution in [0.5, 0.6) is 0 Å². The fourth-order valence-electron chi connectivity index (χ4n) is 4.44. The lowest BCUT2D eigenvalue weighted by molar-refractivity contribution is -0.932. The first-order valence-corrected chi connectivity index (χ1v) is 9.34. The van der Waals surface area contributed by atoms with Crippen molar-refractivity contribution in [1.82, 2.24) is 4.90 Å². The maximum atomic E-state index is 12.7. The molecule has 6 atom stereocenters. The Morgan fingerprint density at radius 3 is 2.76 bits per heavy atom. The highest BCUT2D eigenvalue weighted by atomic mass is 35.5. The fraction of sp³-hybridized carbons (Fsp3) is 0.938. The van der Waals surface area contributed by atoms with Crippen molar-refractivity contribution in [3.05, 3.63) is 0 Å². The molecule has 0 spiro atoms. The van der Waals surface area contributed by atoms with Crippen LogP contribution < -0.4 is 4.90 Å². The van der Waals surface area contributed by atoms with Gasteiger partial charge in [0.2, 0.25) is 0 Å². The first kappa shape index (κ1) is 16.0. The number of ketones is 1. The summed E-state index contributed by atoms with van der Waals surface area (Å²) in [5.41, 5.74) is 0. The minimum Gasteiger partial charge on any atom is -0.310 e. The SMILES string of the molecule is CC1CN2CCCCC2[NH+]1CC(=O)C1CCC(Cl)C(Cl)C1. The van der Waals surface area contributed by atoms with Gasteiger partial charge in [0.05, 0.1) is 18.0 Å². The van der Waals surface area contributed by atoms with Gasteiger partial charge in [0.25, 0.3) is 0 Å². The van der Waals surface area contributed by atoms with Gasteiger partial charge in [0.1, 0.15) is 12.7 Å². The van der Waals surface area contributed by atoms with Gasteiger partial charge in [-0.2, -0.15) is 0 Å². The molecular formula is C16H27Cl2N2O+. The van der Waals surface area contributed by atoms with Gasteiger partial charge in [-0.15, -0.1) is 23.2 Å². The average Bonchev–Trinajstić information content (AvgIpc) is 2.78. The first-order valence-electron chi connectivity index (χ1n) is 8.46. The van der Waals surface area contributed by atoms with Crippen molar-refractivity contribution in [2.24, 2.45) is 5.92 Å². The number of carbonyl (C=O) groups excluding carboxylic acids is 1. The predicted octanol–water partition coefficient (Wildman–Crippen LogP) is 1.67. The molecule has 21 heavy (non-hydrogen) atoms. The normalized spacial score (nSPS) is 44.5. The topological polar surface area (TPSA) is 24.8 Å². The summed E-state index contributed by atoms with van der Waals surface area (Å²) in [6.45, 7) is 5.35. The summed E-state index contributed by atoms with van der Waals surface area (Å²) in [6.07, 6.45) is 7.03. The quantitative estimate of drug-likeness (QED) is 0.794. The average molecular weight is 334 g/mol. The molecule has 120 valence electrons. The van der Waals surface area contributed by atoms with Gasteiger partial charge >= 0.3 is 0 Å². The third-order valence-electron chi connectivity index (χ3n) is 5.71. The standard InChI is InChI=1S/C16H26Cl2N2O/c1-11-9-19-7-3-2-4-16(19)20(11)10-15(21)12-5-6-13(17)14(18)8-12/h11-14,16H,2-10H2,1H3/p+1. The van der Waals surface area contributed by atoms with E-state index < -0.39 is 0 Å². The Balaban J connectivity index is 1.59. The van der Waals surface area contributed by atoms with Gasteiger partial charge in [-0.05, 0) is 39.0 Å². The third-order valence-corrected chi connectivity index (χ3v) is 6.84. The fourth-order valence-corrected chi connectivity index (χ4v) is 5.01. The Labute approximate surface area is 137 Å². The molecule has 1 N–H and O–H groups in total. The van der Waals surface area contributed by atoms with Gasteiger partial charge in [-0.1, -0.05) is 0 Å². The number of rotatable bonds is 3. The maximum absolute atomic E-state index is 12.7. The number of piperidine rings is 1. The van der Waals surface area contributed by atoms with Crippen LogP contribution in [0.25, 0.3) is 0 Å². The molecule has 2 heterocycles. The van der Waals surface area contributed by atoms with E-state index in [1.54, 1.807) is 0 Å². The Bertz CT molecular complexity index is 392. The molecule has 3 rings (SSSR count). The van der Waals surface area contributed by atoms with Crippen molar-refractivity contribution in [2.45, 2.75) is 68.4 Å². The van der Waals surface area contributed by atoms with E-state index in [1.807, 2.05) is 0 Å². The van der Waals surface area contributed by atoms with Crippen molar-refractivity contribution in [2.75, 3.05) is 19.6 Å². The molecular weight excluding hydrogens is 307 g/mol. The van der Waals surface area contributed by atoms with Crippen LogP contribution >= 0.6 is 23.2 Å². The second-order valence-corrected chi connectivity index (χ2v) is 8.29. The van der Waals surface area contributed by atoms with Crippen LogP contribution in [-0.4, -0.2) is 53.3 Å². The van der Waals surface area contributed by atoms with E-state index in [2.05, 4.69) is 11.8 Å². The number of alkyl halides is 2. The van der Waals surface area contributed by atoms with Gasteiger partial charge in [-0.25, -0.2) is 4.90 Å². The second-order valence-electron chi connectivity index (χ2n) is 7.17. The van der Waals surface area contributed by atoms with Crippen LogP contribution in [0.3, 0.4) is 0 Å². The van der Waals surface area contributed by atoms with Crippen LogP contribution in [0.1, 0.15) is 45.4 Å². The molecule has 0 aromatic rings. The molecule has 1 aliphatic carbocycles. The first-order chi connectivity index (χ1) is 10.1. The molecule has 0 aromatic heterocycles. The number of nitrogens with zero attached hydrogens (tertiary/aromatic N) is 1. The molecule has 0 amide bonds.